The normalized spacial score (nSPS) is 12.8. The summed E-state index contributed by atoms with van der Waals surface area (Å²) in [5, 5.41) is 20.4. The van der Waals surface area contributed by atoms with Crippen LogP contribution in [0, 0.1) is 7.14 Å². The molecule has 0 fully saturated rings. The van der Waals surface area contributed by atoms with E-state index < -0.39 is 9.51 Å². The number of carbonyl (C=O) groups is 1. The number of hydrogen-bond acceptors (Lipinski definition) is 4. The molecule has 0 heterocycles. The monoisotopic (exact) mass is 673 g/mol. The Kier molecular flexibility index (Phi) is 9.04. The minimum atomic E-state index is -1.35. The number of carboxylic acid groups (broad SMARTS) is 1. The van der Waals surface area contributed by atoms with Crippen molar-refractivity contribution in [3.05, 3.63) is 49.1 Å². The van der Waals surface area contributed by atoms with Crippen molar-refractivity contribution in [1.29, 1.82) is 0 Å². The summed E-state index contributed by atoms with van der Waals surface area (Å²) in [6.07, 6.45) is 0.212. The van der Waals surface area contributed by atoms with Gasteiger partial charge in [0.1, 0.15) is 11.5 Å². The fraction of sp³-hybridized carbons (Fsp3) is 0.133. The summed E-state index contributed by atoms with van der Waals surface area (Å²) >= 11 is 5.90. The number of nitrogens with two attached hydrogens (primary N) is 1. The van der Waals surface area contributed by atoms with Crippen molar-refractivity contribution in [2.75, 3.05) is 0 Å². The van der Waals surface area contributed by atoms with Crippen LogP contribution >= 0.6 is 67.8 Å². The zero-order chi connectivity index (χ0) is 17.2. The van der Waals surface area contributed by atoms with Crippen LogP contribution in [-0.4, -0.2) is 14.6 Å². The molecule has 0 unspecified atom stereocenters. The van der Waals surface area contributed by atoms with E-state index in [1.165, 1.54) is 12.1 Å². The number of rotatable bonds is 5. The largest absolute Gasteiger partial charge is 1.00 e. The summed E-state index contributed by atoms with van der Waals surface area (Å²) in [6, 6.07) is 9.95. The Morgan fingerprint density at radius 3 is 2.42 bits per heavy atom. The zero-order valence-electron chi connectivity index (χ0n) is 12.6. The van der Waals surface area contributed by atoms with Crippen LogP contribution in [0.25, 0.3) is 0 Å². The van der Waals surface area contributed by atoms with Gasteiger partial charge in [0, 0.05) is 9.99 Å². The summed E-state index contributed by atoms with van der Waals surface area (Å²) in [5.74, 6) is 0.0885. The molecule has 24 heavy (non-hydrogen) atoms. The van der Waals surface area contributed by atoms with E-state index in [9.17, 15) is 9.90 Å². The van der Waals surface area contributed by atoms with Crippen LogP contribution in [0.4, 0.5) is 0 Å². The maximum atomic E-state index is 11.3. The van der Waals surface area contributed by atoms with Gasteiger partial charge in [0.2, 0.25) is 0 Å². The molecule has 0 amide bonds. The molecule has 2 aromatic rings. The van der Waals surface area contributed by atoms with Crippen LogP contribution in [0.5, 0.6) is 17.2 Å². The van der Waals surface area contributed by atoms with Crippen LogP contribution < -0.4 is 45.1 Å². The molecule has 0 aliphatic carbocycles. The molecular weight excluding hydrogens is 662 g/mol. The van der Waals surface area contributed by atoms with Gasteiger partial charge >= 0.3 is 35.5 Å². The molecule has 1 atom stereocenters. The molecular formula is C15H11I3NNaO4. The Bertz CT molecular complexity index is 755. The van der Waals surface area contributed by atoms with Gasteiger partial charge in [-0.05, 0) is 91.5 Å². The van der Waals surface area contributed by atoms with Crippen molar-refractivity contribution in [2.24, 2.45) is 5.73 Å². The summed E-state index contributed by atoms with van der Waals surface area (Å²) in [4.78, 5) is 11.1. The summed E-state index contributed by atoms with van der Waals surface area (Å²) in [6.45, 7) is 0. The molecule has 3 N–H and O–H groups in total. The number of aliphatic carboxylic acids is 1. The molecule has 0 spiro atoms. The van der Waals surface area contributed by atoms with Gasteiger partial charge in [-0.1, -0.05) is 18.2 Å². The van der Waals surface area contributed by atoms with Gasteiger partial charge in [-0.25, -0.2) is 4.79 Å². The van der Waals surface area contributed by atoms with Gasteiger partial charge in [0.15, 0.2) is 3.55 Å². The second-order valence-corrected chi connectivity index (χ2v) is 9.04. The average Bonchev–Trinajstić information content (AvgIpc) is 2.44. The number of carboxylic acids is 1. The Morgan fingerprint density at radius 1 is 1.21 bits per heavy atom. The van der Waals surface area contributed by atoms with Gasteiger partial charge in [-0.3, -0.25) is 0 Å². The van der Waals surface area contributed by atoms with Crippen molar-refractivity contribution in [3.8, 4) is 17.2 Å². The molecule has 0 saturated heterocycles. The fourth-order valence-electron chi connectivity index (χ4n) is 1.78. The second-order valence-electron chi connectivity index (χ2n) is 4.79. The van der Waals surface area contributed by atoms with E-state index in [1.807, 2.05) is 28.7 Å². The standard InChI is InChI=1S/C15H12I3NO4.Na/c16-11-6-10(23-13-4-2-9(20)5-12(13)17)3-1-8(11)7-15(18,19)14(21)22;/h1-6,20H,7,19H2,(H,21,22);/q;+1/p-1/t15-;/m0./s1. The first-order valence-electron chi connectivity index (χ1n) is 6.33. The second kappa shape index (κ2) is 9.55. The zero-order valence-corrected chi connectivity index (χ0v) is 21.0. The van der Waals surface area contributed by atoms with Crippen molar-refractivity contribution >= 4 is 73.7 Å². The number of ether oxygens (including phenoxy) is 1. The van der Waals surface area contributed by atoms with E-state index in [0.717, 1.165) is 12.7 Å². The number of benzene rings is 2. The minimum absolute atomic E-state index is 0. The van der Waals surface area contributed by atoms with Crippen molar-refractivity contribution in [2.45, 2.75) is 9.97 Å². The van der Waals surface area contributed by atoms with Gasteiger partial charge in [0.05, 0.1) is 3.57 Å². The molecule has 0 radical (unpaired) electrons. The summed E-state index contributed by atoms with van der Waals surface area (Å²) < 4.78 is 6.02. The Morgan fingerprint density at radius 2 is 1.88 bits per heavy atom. The average molecular weight is 673 g/mol. The SMILES string of the molecule is N[C@@](I)(Cc1ccc(Oc2ccc([O-])cc2I)cc1I)C(=O)O.[Na+]. The van der Waals surface area contributed by atoms with Crippen molar-refractivity contribution < 1.29 is 49.3 Å². The van der Waals surface area contributed by atoms with E-state index in [-0.39, 0.29) is 41.7 Å². The quantitative estimate of drug-likeness (QED) is 0.209. The number of hydrogen-bond donors (Lipinski definition) is 2. The predicted molar refractivity (Wildman–Crippen MR) is 110 cm³/mol. The van der Waals surface area contributed by atoms with Gasteiger partial charge in [0.25, 0.3) is 0 Å². The van der Waals surface area contributed by atoms with Crippen LogP contribution in [0.2, 0.25) is 0 Å². The van der Waals surface area contributed by atoms with Crippen LogP contribution in [-0.2, 0) is 11.2 Å². The number of halogens is 3. The Hall–Kier alpha value is 0.660. The molecule has 122 valence electrons. The maximum Gasteiger partial charge on any atom is 1.00 e. The minimum Gasteiger partial charge on any atom is -0.872 e. The topological polar surface area (TPSA) is 95.6 Å². The van der Waals surface area contributed by atoms with Gasteiger partial charge in [-0.2, -0.15) is 0 Å². The van der Waals surface area contributed by atoms with E-state index in [1.54, 1.807) is 40.8 Å². The summed E-state index contributed by atoms with van der Waals surface area (Å²) in [5.41, 5.74) is 6.61. The molecule has 0 aliphatic heterocycles. The first-order valence-corrected chi connectivity index (χ1v) is 9.57. The molecule has 0 bridgehead atoms. The molecule has 0 aliphatic rings. The molecule has 2 aromatic carbocycles. The summed E-state index contributed by atoms with van der Waals surface area (Å²) in [7, 11) is 0. The van der Waals surface area contributed by atoms with E-state index in [4.69, 9.17) is 15.6 Å². The maximum absolute atomic E-state index is 11.3. The van der Waals surface area contributed by atoms with Crippen molar-refractivity contribution in [3.63, 3.8) is 0 Å². The van der Waals surface area contributed by atoms with E-state index >= 15 is 0 Å². The fourth-order valence-corrected chi connectivity index (χ4v) is 3.46. The molecule has 0 aromatic heterocycles. The van der Waals surface area contributed by atoms with Gasteiger partial charge in [-0.15, -0.1) is 5.75 Å². The van der Waals surface area contributed by atoms with Crippen LogP contribution in [0.15, 0.2) is 36.4 Å². The molecule has 2 rings (SSSR count). The van der Waals surface area contributed by atoms with Gasteiger partial charge < -0.3 is 20.7 Å². The first-order chi connectivity index (χ1) is 10.7. The van der Waals surface area contributed by atoms with E-state index in [2.05, 4.69) is 22.6 Å². The van der Waals surface area contributed by atoms with E-state index in [0.29, 0.717) is 11.5 Å². The van der Waals surface area contributed by atoms with Crippen LogP contribution in [0.1, 0.15) is 5.56 Å². The third-order valence-electron chi connectivity index (χ3n) is 2.96. The molecule has 5 nitrogen and oxygen atoms in total. The van der Waals surface area contributed by atoms with Crippen molar-refractivity contribution in [1.82, 2.24) is 0 Å². The predicted octanol–water partition coefficient (Wildman–Crippen LogP) is 0.483. The first kappa shape index (κ1) is 22.7. The Balaban J connectivity index is 0.00000288. The number of alkyl halides is 1. The third-order valence-corrected chi connectivity index (χ3v) is 5.65. The molecule has 9 heteroatoms. The third kappa shape index (κ3) is 6.13. The smallest absolute Gasteiger partial charge is 0.872 e. The molecule has 0 saturated carbocycles. The Labute approximate surface area is 202 Å². The van der Waals surface area contributed by atoms with Crippen LogP contribution in [0.3, 0.4) is 0 Å².